The van der Waals surface area contributed by atoms with E-state index < -0.39 is 0 Å². The molecule has 0 aliphatic heterocycles. The summed E-state index contributed by atoms with van der Waals surface area (Å²) in [6, 6.07) is 9.29. The highest BCUT2D eigenvalue weighted by molar-refractivity contribution is 5.85. The van der Waals surface area contributed by atoms with Crippen molar-refractivity contribution in [2.24, 2.45) is 0 Å². The number of unbranched alkanes of at least 4 members (excludes halogenated alkanes) is 11. The third kappa shape index (κ3) is 21.8. The summed E-state index contributed by atoms with van der Waals surface area (Å²) < 4.78 is 5.94. The molecule has 0 aliphatic rings. The van der Waals surface area contributed by atoms with E-state index in [0.717, 1.165) is 31.9 Å². The van der Waals surface area contributed by atoms with Crippen LogP contribution in [0, 0.1) is 0 Å². The van der Waals surface area contributed by atoms with Gasteiger partial charge in [0.1, 0.15) is 5.75 Å². The van der Waals surface area contributed by atoms with Gasteiger partial charge in [0.2, 0.25) is 0 Å². The molecule has 0 aromatic heterocycles. The summed E-state index contributed by atoms with van der Waals surface area (Å²) in [6.07, 6.45) is 18.9. The van der Waals surface area contributed by atoms with Gasteiger partial charge in [-0.05, 0) is 58.0 Å². The fourth-order valence-electron chi connectivity index (χ4n) is 3.91. The third-order valence-corrected chi connectivity index (χ3v) is 6.11. The van der Waals surface area contributed by atoms with Crippen LogP contribution in [-0.2, 0) is 6.42 Å². The second-order valence-corrected chi connectivity index (χ2v) is 9.58. The molecule has 3 nitrogen and oxygen atoms in total. The Hall–Kier alpha value is -0.480. The lowest BCUT2D eigenvalue weighted by Gasteiger charge is -2.16. The SMILES string of the molecule is CCCCCCCCCCCCCCOc1ccc(CCC(C)NCCN(C)C)cc1.Cl.Cl. The maximum absolute atomic E-state index is 5.94. The Balaban J connectivity index is 0. The molecule has 1 aromatic carbocycles. The molecule has 0 heterocycles. The van der Waals surface area contributed by atoms with Crippen molar-refractivity contribution in [2.75, 3.05) is 33.8 Å². The van der Waals surface area contributed by atoms with Gasteiger partial charge < -0.3 is 15.0 Å². The van der Waals surface area contributed by atoms with Crippen LogP contribution in [0.4, 0.5) is 0 Å². The van der Waals surface area contributed by atoms with Crippen molar-refractivity contribution in [3.8, 4) is 5.75 Å². The first-order chi connectivity index (χ1) is 15.1. The highest BCUT2D eigenvalue weighted by Gasteiger charge is 2.03. The predicted octanol–water partition coefficient (Wildman–Crippen LogP) is 8.08. The van der Waals surface area contributed by atoms with E-state index in [9.17, 15) is 0 Å². The van der Waals surface area contributed by atoms with E-state index in [1.165, 1.54) is 89.0 Å². The number of benzene rings is 1. The second-order valence-electron chi connectivity index (χ2n) is 9.58. The smallest absolute Gasteiger partial charge is 0.119 e. The van der Waals surface area contributed by atoms with E-state index in [0.29, 0.717) is 6.04 Å². The number of rotatable bonds is 21. The zero-order valence-corrected chi connectivity index (χ0v) is 23.7. The lowest BCUT2D eigenvalue weighted by Crippen LogP contribution is -2.33. The van der Waals surface area contributed by atoms with Crippen molar-refractivity contribution >= 4 is 24.8 Å². The van der Waals surface area contributed by atoms with Gasteiger partial charge in [0.05, 0.1) is 6.61 Å². The summed E-state index contributed by atoms with van der Waals surface area (Å²) in [6.45, 7) is 7.57. The molecule has 0 amide bonds. The molecule has 0 saturated heterocycles. The summed E-state index contributed by atoms with van der Waals surface area (Å²) in [5.41, 5.74) is 1.40. The average Bonchev–Trinajstić information content (AvgIpc) is 2.76. The molecule has 196 valence electrons. The molecule has 0 spiro atoms. The maximum atomic E-state index is 5.94. The molecule has 5 heteroatoms. The Kier molecular flexibility index (Phi) is 25.9. The minimum atomic E-state index is 0. The van der Waals surface area contributed by atoms with E-state index in [1.807, 2.05) is 0 Å². The Morgan fingerprint density at radius 3 is 1.82 bits per heavy atom. The van der Waals surface area contributed by atoms with Gasteiger partial charge >= 0.3 is 0 Å². The molecule has 1 N–H and O–H groups in total. The van der Waals surface area contributed by atoms with Crippen molar-refractivity contribution in [3.05, 3.63) is 29.8 Å². The summed E-state index contributed by atoms with van der Waals surface area (Å²) in [7, 11) is 4.24. The quantitative estimate of drug-likeness (QED) is 0.171. The molecule has 1 aromatic rings. The van der Waals surface area contributed by atoms with Gasteiger partial charge in [-0.2, -0.15) is 0 Å². The van der Waals surface area contributed by atoms with Crippen molar-refractivity contribution in [1.82, 2.24) is 10.2 Å². The van der Waals surface area contributed by atoms with Crippen LogP contribution in [0.1, 0.15) is 103 Å². The Morgan fingerprint density at radius 2 is 1.30 bits per heavy atom. The molecule has 33 heavy (non-hydrogen) atoms. The second kappa shape index (κ2) is 24.6. The minimum Gasteiger partial charge on any atom is -0.494 e. The fraction of sp³-hybridized carbons (Fsp3) is 0.786. The lowest BCUT2D eigenvalue weighted by atomic mass is 10.1. The first-order valence-corrected chi connectivity index (χ1v) is 13.2. The lowest BCUT2D eigenvalue weighted by molar-refractivity contribution is 0.304. The summed E-state index contributed by atoms with van der Waals surface area (Å²) >= 11 is 0. The molecular formula is C28H54Cl2N2O. The van der Waals surface area contributed by atoms with Crippen LogP contribution in [0.3, 0.4) is 0 Å². The Bertz CT molecular complexity index is 511. The zero-order valence-electron chi connectivity index (χ0n) is 22.1. The molecule has 0 radical (unpaired) electrons. The number of ether oxygens (including phenoxy) is 1. The van der Waals surface area contributed by atoms with Crippen LogP contribution in [0.2, 0.25) is 0 Å². The Morgan fingerprint density at radius 1 is 0.788 bits per heavy atom. The van der Waals surface area contributed by atoms with Gasteiger partial charge in [-0.25, -0.2) is 0 Å². The van der Waals surface area contributed by atoms with Crippen LogP contribution in [0.15, 0.2) is 24.3 Å². The first-order valence-electron chi connectivity index (χ1n) is 13.2. The van der Waals surface area contributed by atoms with Gasteiger partial charge in [0, 0.05) is 19.1 Å². The van der Waals surface area contributed by atoms with Crippen molar-refractivity contribution in [3.63, 3.8) is 0 Å². The molecule has 1 atom stereocenters. The Labute approximate surface area is 218 Å². The highest BCUT2D eigenvalue weighted by atomic mass is 35.5. The standard InChI is InChI=1S/C28H52N2O.2ClH/c1-5-6-7-8-9-10-11-12-13-14-15-16-25-31-28-21-19-27(20-22-28)18-17-26(2)29-23-24-30(3)4;;/h19-22,26,29H,5-18,23-25H2,1-4H3;2*1H. The number of hydrogen-bond donors (Lipinski definition) is 1. The van der Waals surface area contributed by atoms with E-state index in [2.05, 4.69) is 62.4 Å². The van der Waals surface area contributed by atoms with Crippen molar-refractivity contribution in [2.45, 2.75) is 110 Å². The highest BCUT2D eigenvalue weighted by Crippen LogP contribution is 2.15. The number of nitrogens with one attached hydrogen (secondary N) is 1. The van der Waals surface area contributed by atoms with Crippen LogP contribution in [0.25, 0.3) is 0 Å². The summed E-state index contributed by atoms with van der Waals surface area (Å²) in [5.74, 6) is 1.02. The van der Waals surface area contributed by atoms with Crippen LogP contribution < -0.4 is 10.1 Å². The normalized spacial score (nSPS) is 11.7. The molecule has 0 saturated carbocycles. The number of nitrogens with zero attached hydrogens (tertiary/aromatic N) is 1. The van der Waals surface area contributed by atoms with E-state index in [-0.39, 0.29) is 24.8 Å². The van der Waals surface area contributed by atoms with Crippen molar-refractivity contribution in [1.29, 1.82) is 0 Å². The van der Waals surface area contributed by atoms with E-state index in [1.54, 1.807) is 0 Å². The number of hydrogen-bond acceptors (Lipinski definition) is 3. The first kappa shape index (κ1) is 34.7. The van der Waals surface area contributed by atoms with Crippen molar-refractivity contribution < 1.29 is 4.74 Å². The van der Waals surface area contributed by atoms with Gasteiger partial charge in [-0.3, -0.25) is 0 Å². The largest absolute Gasteiger partial charge is 0.494 e. The summed E-state index contributed by atoms with van der Waals surface area (Å²) in [4.78, 5) is 2.22. The van der Waals surface area contributed by atoms with Gasteiger partial charge in [0.25, 0.3) is 0 Å². The molecule has 1 rings (SSSR count). The number of aryl methyl sites for hydroxylation is 1. The predicted molar refractivity (Wildman–Crippen MR) is 152 cm³/mol. The molecule has 1 unspecified atom stereocenters. The molecular weight excluding hydrogens is 451 g/mol. The molecule has 0 bridgehead atoms. The average molecular weight is 506 g/mol. The maximum Gasteiger partial charge on any atom is 0.119 e. The molecule has 0 aliphatic carbocycles. The summed E-state index contributed by atoms with van der Waals surface area (Å²) in [5, 5.41) is 3.60. The van der Waals surface area contributed by atoms with Gasteiger partial charge in [-0.15, -0.1) is 24.8 Å². The van der Waals surface area contributed by atoms with Crippen LogP contribution in [0.5, 0.6) is 5.75 Å². The van der Waals surface area contributed by atoms with Crippen LogP contribution >= 0.6 is 24.8 Å². The topological polar surface area (TPSA) is 24.5 Å². The molecule has 0 fully saturated rings. The fourth-order valence-corrected chi connectivity index (χ4v) is 3.91. The number of likely N-dealkylation sites (N-methyl/N-ethyl adjacent to an activating group) is 1. The van der Waals surface area contributed by atoms with Gasteiger partial charge in [0.15, 0.2) is 0 Å². The third-order valence-electron chi connectivity index (χ3n) is 6.11. The number of halogens is 2. The van der Waals surface area contributed by atoms with Crippen LogP contribution in [-0.4, -0.2) is 44.7 Å². The van der Waals surface area contributed by atoms with Gasteiger partial charge in [-0.1, -0.05) is 89.7 Å². The van der Waals surface area contributed by atoms with E-state index >= 15 is 0 Å². The zero-order chi connectivity index (χ0) is 22.6. The van der Waals surface area contributed by atoms with E-state index in [4.69, 9.17) is 4.74 Å². The monoisotopic (exact) mass is 504 g/mol. The minimum absolute atomic E-state index is 0.